The van der Waals surface area contributed by atoms with Crippen LogP contribution >= 0.6 is 11.8 Å². The highest BCUT2D eigenvalue weighted by atomic mass is 32.2. The van der Waals surface area contributed by atoms with Gasteiger partial charge in [-0.3, -0.25) is 9.59 Å². The van der Waals surface area contributed by atoms with Crippen LogP contribution in [-0.4, -0.2) is 34.2 Å². The summed E-state index contributed by atoms with van der Waals surface area (Å²) in [6.45, 7) is 7.15. The summed E-state index contributed by atoms with van der Waals surface area (Å²) in [7, 11) is 1.59. The van der Waals surface area contributed by atoms with Gasteiger partial charge in [-0.1, -0.05) is 25.1 Å². The Bertz CT molecular complexity index is 769. The van der Waals surface area contributed by atoms with Gasteiger partial charge in [0.05, 0.1) is 11.4 Å². The van der Waals surface area contributed by atoms with Gasteiger partial charge in [0, 0.05) is 30.5 Å². The van der Waals surface area contributed by atoms with E-state index >= 15 is 0 Å². The lowest BCUT2D eigenvalue weighted by molar-refractivity contribution is -0.113. The Balaban J connectivity index is 1.94. The maximum Gasteiger partial charge on any atom is 0.251 e. The molecule has 1 aromatic heterocycles. The molecule has 1 heterocycles. The van der Waals surface area contributed by atoms with Crippen molar-refractivity contribution in [1.82, 2.24) is 14.9 Å². The fourth-order valence-corrected chi connectivity index (χ4v) is 3.41. The normalized spacial score (nSPS) is 10.6. The van der Waals surface area contributed by atoms with Crippen molar-refractivity contribution in [2.45, 2.75) is 45.3 Å². The van der Waals surface area contributed by atoms with Crippen molar-refractivity contribution in [3.63, 3.8) is 0 Å². The molecular weight excluding hydrogens is 348 g/mol. The third kappa shape index (κ3) is 5.11. The molecule has 7 heteroatoms. The zero-order chi connectivity index (χ0) is 19.1. The number of hydrogen-bond donors (Lipinski definition) is 2. The Morgan fingerprint density at radius 1 is 1.19 bits per heavy atom. The van der Waals surface area contributed by atoms with Gasteiger partial charge in [0.2, 0.25) is 5.91 Å². The van der Waals surface area contributed by atoms with Gasteiger partial charge in [0.15, 0.2) is 5.16 Å². The number of nitrogens with one attached hydrogen (secondary N) is 2. The number of amides is 2. The lowest BCUT2D eigenvalue weighted by Gasteiger charge is -2.09. The molecular formula is C19H26N4O2S. The first kappa shape index (κ1) is 20.0. The highest BCUT2D eigenvalue weighted by Crippen LogP contribution is 2.22. The molecule has 1 aromatic carbocycles. The smallest absolute Gasteiger partial charge is 0.251 e. The molecule has 2 amide bonds. The molecule has 2 aromatic rings. The van der Waals surface area contributed by atoms with Crippen LogP contribution in [0.2, 0.25) is 0 Å². The first-order valence-electron chi connectivity index (χ1n) is 8.74. The first-order chi connectivity index (χ1) is 12.5. The van der Waals surface area contributed by atoms with Gasteiger partial charge < -0.3 is 15.2 Å². The predicted octanol–water partition coefficient (Wildman–Crippen LogP) is 3.39. The number of imidazole rings is 1. The van der Waals surface area contributed by atoms with Crippen LogP contribution in [-0.2, 0) is 11.3 Å². The third-order valence-corrected chi connectivity index (χ3v) is 5.12. The van der Waals surface area contributed by atoms with Crippen LogP contribution in [0.5, 0.6) is 0 Å². The molecule has 0 saturated heterocycles. The number of nitrogens with zero attached hydrogens (tertiary/aromatic N) is 2. The second kappa shape index (κ2) is 9.43. The molecule has 2 rings (SSSR count). The zero-order valence-corrected chi connectivity index (χ0v) is 16.6. The van der Waals surface area contributed by atoms with Crippen molar-refractivity contribution in [2.24, 2.45) is 0 Å². The van der Waals surface area contributed by atoms with Gasteiger partial charge in [-0.2, -0.15) is 0 Å². The minimum atomic E-state index is -0.150. The highest BCUT2D eigenvalue weighted by molar-refractivity contribution is 7.99. The van der Waals surface area contributed by atoms with E-state index in [1.165, 1.54) is 11.8 Å². The van der Waals surface area contributed by atoms with Crippen molar-refractivity contribution in [1.29, 1.82) is 0 Å². The van der Waals surface area contributed by atoms with Crippen LogP contribution in [0.1, 0.15) is 41.5 Å². The maximum absolute atomic E-state index is 12.2. The molecule has 0 atom stereocenters. The molecule has 2 N–H and O–H groups in total. The Kier molecular flexibility index (Phi) is 7.26. The van der Waals surface area contributed by atoms with Crippen molar-refractivity contribution in [3.05, 3.63) is 41.2 Å². The molecule has 0 aliphatic heterocycles. The largest absolute Gasteiger partial charge is 0.355 e. The molecule has 0 saturated carbocycles. The molecule has 0 bridgehead atoms. The average molecular weight is 375 g/mol. The Labute approximate surface area is 158 Å². The van der Waals surface area contributed by atoms with E-state index in [9.17, 15) is 9.59 Å². The number of benzene rings is 1. The summed E-state index contributed by atoms with van der Waals surface area (Å²) >= 11 is 1.45. The number of unbranched alkanes of at least 4 members (excludes halogenated alkanes) is 1. The van der Waals surface area contributed by atoms with Crippen molar-refractivity contribution >= 4 is 29.3 Å². The standard InChI is InChI=1S/C19H26N4O2S/c1-5-6-11-23-14(3)13(2)21-19(23)26-12-17(24)22-16-9-7-15(8-10-16)18(25)20-4/h7-10H,5-6,11-12H2,1-4H3,(H,20,25)(H,22,24). The minimum absolute atomic E-state index is 0.0944. The number of thioether (sulfide) groups is 1. The molecule has 0 aliphatic rings. The first-order valence-corrected chi connectivity index (χ1v) is 9.73. The van der Waals surface area contributed by atoms with E-state index in [4.69, 9.17) is 0 Å². The van der Waals surface area contributed by atoms with E-state index in [-0.39, 0.29) is 11.8 Å². The van der Waals surface area contributed by atoms with E-state index < -0.39 is 0 Å². The molecule has 6 nitrogen and oxygen atoms in total. The number of anilines is 1. The van der Waals surface area contributed by atoms with E-state index in [1.807, 2.05) is 6.92 Å². The van der Waals surface area contributed by atoms with Crippen LogP contribution in [0.25, 0.3) is 0 Å². The molecule has 0 aliphatic carbocycles. The van der Waals surface area contributed by atoms with Gasteiger partial charge >= 0.3 is 0 Å². The quantitative estimate of drug-likeness (QED) is 0.695. The Morgan fingerprint density at radius 3 is 2.50 bits per heavy atom. The lowest BCUT2D eigenvalue weighted by Crippen LogP contribution is -2.18. The van der Waals surface area contributed by atoms with Gasteiger partial charge in [0.1, 0.15) is 0 Å². The van der Waals surface area contributed by atoms with Crippen molar-refractivity contribution < 1.29 is 9.59 Å². The average Bonchev–Trinajstić information content (AvgIpc) is 2.92. The predicted molar refractivity (Wildman–Crippen MR) is 106 cm³/mol. The van der Waals surface area contributed by atoms with E-state index in [1.54, 1.807) is 31.3 Å². The van der Waals surface area contributed by atoms with Crippen LogP contribution in [0, 0.1) is 13.8 Å². The van der Waals surface area contributed by atoms with Crippen LogP contribution in [0.3, 0.4) is 0 Å². The van der Waals surface area contributed by atoms with E-state index in [0.29, 0.717) is 17.0 Å². The summed E-state index contributed by atoms with van der Waals surface area (Å²) < 4.78 is 2.19. The number of aryl methyl sites for hydroxylation is 1. The van der Waals surface area contributed by atoms with E-state index in [2.05, 4.69) is 34.0 Å². The summed E-state index contributed by atoms with van der Waals surface area (Å²) in [5.74, 6) is 0.0466. The zero-order valence-electron chi connectivity index (χ0n) is 15.8. The van der Waals surface area contributed by atoms with Crippen LogP contribution in [0.15, 0.2) is 29.4 Å². The van der Waals surface area contributed by atoms with Crippen LogP contribution in [0.4, 0.5) is 5.69 Å². The number of hydrogen-bond acceptors (Lipinski definition) is 4. The molecule has 0 fully saturated rings. The van der Waals surface area contributed by atoms with Crippen LogP contribution < -0.4 is 10.6 Å². The summed E-state index contributed by atoms with van der Waals surface area (Å²) in [6, 6.07) is 6.82. The summed E-state index contributed by atoms with van der Waals surface area (Å²) in [5.41, 5.74) is 3.40. The lowest BCUT2D eigenvalue weighted by atomic mass is 10.2. The minimum Gasteiger partial charge on any atom is -0.355 e. The summed E-state index contributed by atoms with van der Waals surface area (Å²) in [6.07, 6.45) is 2.21. The summed E-state index contributed by atoms with van der Waals surface area (Å²) in [4.78, 5) is 28.3. The van der Waals surface area contributed by atoms with Crippen molar-refractivity contribution in [3.8, 4) is 0 Å². The number of carbonyl (C=O) groups excluding carboxylic acids is 2. The second-order valence-electron chi connectivity index (χ2n) is 6.06. The monoisotopic (exact) mass is 374 g/mol. The number of carbonyl (C=O) groups is 2. The van der Waals surface area contributed by atoms with Gasteiger partial charge in [-0.15, -0.1) is 0 Å². The van der Waals surface area contributed by atoms with E-state index in [0.717, 1.165) is 35.9 Å². The number of rotatable bonds is 8. The topological polar surface area (TPSA) is 76.0 Å². The number of aromatic nitrogens is 2. The SMILES string of the molecule is CCCCn1c(SCC(=O)Nc2ccc(C(=O)NC)cc2)nc(C)c1C. The summed E-state index contributed by atoms with van der Waals surface area (Å²) in [5, 5.41) is 6.31. The maximum atomic E-state index is 12.2. The fraction of sp³-hybridized carbons (Fsp3) is 0.421. The second-order valence-corrected chi connectivity index (χ2v) is 7.01. The Morgan fingerprint density at radius 2 is 1.88 bits per heavy atom. The molecule has 26 heavy (non-hydrogen) atoms. The molecule has 0 unspecified atom stereocenters. The molecule has 0 spiro atoms. The van der Waals surface area contributed by atoms with Gasteiger partial charge in [-0.05, 0) is 44.5 Å². The fourth-order valence-electron chi connectivity index (χ4n) is 2.49. The third-order valence-electron chi connectivity index (χ3n) is 4.15. The Hall–Kier alpha value is -2.28. The highest BCUT2D eigenvalue weighted by Gasteiger charge is 2.13. The van der Waals surface area contributed by atoms with Crippen molar-refractivity contribution in [2.75, 3.05) is 18.1 Å². The molecule has 0 radical (unpaired) electrons. The van der Waals surface area contributed by atoms with Gasteiger partial charge in [-0.25, -0.2) is 4.98 Å². The van der Waals surface area contributed by atoms with Gasteiger partial charge in [0.25, 0.3) is 5.91 Å². The molecule has 140 valence electrons.